The lowest BCUT2D eigenvalue weighted by Crippen LogP contribution is -2.15. The highest BCUT2D eigenvalue weighted by molar-refractivity contribution is 9.10. The van der Waals surface area contributed by atoms with Crippen LogP contribution in [0.3, 0.4) is 0 Å². The Morgan fingerprint density at radius 3 is 2.62 bits per heavy atom. The van der Waals surface area contributed by atoms with E-state index < -0.39 is 0 Å². The first-order chi connectivity index (χ1) is 9.88. The van der Waals surface area contributed by atoms with Crippen LogP contribution in [0.4, 0.5) is 0 Å². The number of oxazole rings is 1. The summed E-state index contributed by atoms with van der Waals surface area (Å²) in [7, 11) is 1.95. The number of aromatic hydroxyl groups is 1. The Morgan fingerprint density at radius 1 is 1.48 bits per heavy atom. The van der Waals surface area contributed by atoms with Gasteiger partial charge in [-0.25, -0.2) is 4.98 Å². The molecule has 0 bridgehead atoms. The van der Waals surface area contributed by atoms with Crippen LogP contribution in [0.5, 0.6) is 5.75 Å². The van der Waals surface area contributed by atoms with Gasteiger partial charge in [0, 0.05) is 23.7 Å². The molecule has 0 spiro atoms. The Hall–Kier alpha value is -1.59. The molecule has 5 heteroatoms. The number of aromatic nitrogens is 1. The van der Waals surface area contributed by atoms with Gasteiger partial charge in [-0.15, -0.1) is 0 Å². The van der Waals surface area contributed by atoms with Gasteiger partial charge in [-0.1, -0.05) is 32.6 Å². The fraction of sp³-hybridized carbons (Fsp3) is 0.312. The Labute approximate surface area is 133 Å². The van der Waals surface area contributed by atoms with Gasteiger partial charge < -0.3 is 14.8 Å². The quantitative estimate of drug-likeness (QED) is 0.798. The van der Waals surface area contributed by atoms with Crippen molar-refractivity contribution < 1.29 is 9.52 Å². The van der Waals surface area contributed by atoms with Gasteiger partial charge in [0.25, 0.3) is 0 Å². The number of nitrogens with zero attached hydrogens (tertiary/aromatic N) is 1. The SMILES string of the molecule is C=C(/C=C\C)c1nc2cc(O)c(Br)cc2o1.CNC(C)C. The first kappa shape index (κ1) is 17.5. The normalized spacial score (nSPS) is 11.0. The molecule has 21 heavy (non-hydrogen) atoms. The highest BCUT2D eigenvalue weighted by Crippen LogP contribution is 2.30. The first-order valence-electron chi connectivity index (χ1n) is 6.67. The topological polar surface area (TPSA) is 58.3 Å². The monoisotopic (exact) mass is 352 g/mol. The fourth-order valence-corrected chi connectivity index (χ4v) is 1.67. The molecule has 0 saturated heterocycles. The van der Waals surface area contributed by atoms with Crippen molar-refractivity contribution in [1.82, 2.24) is 10.3 Å². The Kier molecular flexibility index (Phi) is 6.65. The van der Waals surface area contributed by atoms with Crippen LogP contribution >= 0.6 is 15.9 Å². The van der Waals surface area contributed by atoms with Crippen LogP contribution < -0.4 is 5.32 Å². The highest BCUT2D eigenvalue weighted by Gasteiger charge is 2.10. The second-order valence-corrected chi connectivity index (χ2v) is 5.61. The number of nitrogens with one attached hydrogen (secondary N) is 1. The molecule has 0 unspecified atom stereocenters. The minimum absolute atomic E-state index is 0.143. The molecule has 0 aliphatic carbocycles. The standard InChI is InChI=1S/C12H10BrNO2.C4H11N/c1-3-4-7(2)12-14-9-6-10(15)8(13)5-11(9)16-12;1-4(2)5-3/h3-6,15H,2H2,1H3;4-5H,1-3H3/b4-3-;. The largest absolute Gasteiger partial charge is 0.507 e. The van der Waals surface area contributed by atoms with Crippen molar-refractivity contribution in [3.8, 4) is 5.75 Å². The van der Waals surface area contributed by atoms with Crippen molar-refractivity contribution in [3.63, 3.8) is 0 Å². The van der Waals surface area contributed by atoms with Crippen LogP contribution in [0.25, 0.3) is 16.7 Å². The van der Waals surface area contributed by atoms with Crippen molar-refractivity contribution in [2.75, 3.05) is 7.05 Å². The third-order valence-corrected chi connectivity index (χ3v) is 3.31. The first-order valence-corrected chi connectivity index (χ1v) is 7.46. The van der Waals surface area contributed by atoms with Crippen LogP contribution in [0.1, 0.15) is 26.7 Å². The zero-order valence-corrected chi connectivity index (χ0v) is 14.4. The minimum atomic E-state index is 0.143. The van der Waals surface area contributed by atoms with E-state index in [0.717, 1.165) is 0 Å². The number of hydrogen-bond donors (Lipinski definition) is 2. The molecule has 114 valence electrons. The second kappa shape index (κ2) is 8.00. The maximum absolute atomic E-state index is 9.50. The van der Waals surface area contributed by atoms with Crippen LogP contribution in [0.15, 0.2) is 39.8 Å². The number of fused-ring (bicyclic) bond motifs is 1. The van der Waals surface area contributed by atoms with E-state index in [2.05, 4.69) is 46.7 Å². The molecule has 0 radical (unpaired) electrons. The summed E-state index contributed by atoms with van der Waals surface area (Å²) >= 11 is 3.22. The molecule has 1 heterocycles. The van der Waals surface area contributed by atoms with Gasteiger partial charge in [-0.05, 0) is 29.9 Å². The van der Waals surface area contributed by atoms with E-state index in [9.17, 15) is 5.11 Å². The number of benzene rings is 1. The van der Waals surface area contributed by atoms with E-state index in [4.69, 9.17) is 4.42 Å². The summed E-state index contributed by atoms with van der Waals surface area (Å²) < 4.78 is 6.10. The van der Waals surface area contributed by atoms with Crippen molar-refractivity contribution in [3.05, 3.63) is 41.2 Å². The molecule has 0 amide bonds. The van der Waals surface area contributed by atoms with Gasteiger partial charge >= 0.3 is 0 Å². The number of phenolic OH excluding ortho intramolecular Hbond substituents is 1. The number of halogens is 1. The van der Waals surface area contributed by atoms with Gasteiger partial charge in [-0.3, -0.25) is 0 Å². The molecule has 4 nitrogen and oxygen atoms in total. The number of phenols is 1. The third-order valence-electron chi connectivity index (χ3n) is 2.68. The van der Waals surface area contributed by atoms with Gasteiger partial charge in [0.1, 0.15) is 11.3 Å². The number of rotatable bonds is 3. The number of hydrogen-bond acceptors (Lipinski definition) is 4. The predicted molar refractivity (Wildman–Crippen MR) is 91.4 cm³/mol. The lowest BCUT2D eigenvalue weighted by molar-refractivity contribution is 0.472. The van der Waals surface area contributed by atoms with Crippen LogP contribution in [-0.2, 0) is 0 Å². The van der Waals surface area contributed by atoms with E-state index >= 15 is 0 Å². The van der Waals surface area contributed by atoms with E-state index in [1.807, 2.05) is 26.1 Å². The maximum atomic E-state index is 9.50. The summed E-state index contributed by atoms with van der Waals surface area (Å²) in [5, 5.41) is 12.5. The molecule has 1 aromatic carbocycles. The van der Waals surface area contributed by atoms with Crippen LogP contribution in [0.2, 0.25) is 0 Å². The zero-order chi connectivity index (χ0) is 16.0. The van der Waals surface area contributed by atoms with Crippen molar-refractivity contribution in [2.24, 2.45) is 0 Å². The molecule has 0 atom stereocenters. The summed E-state index contributed by atoms with van der Waals surface area (Å²) in [5.74, 6) is 0.606. The summed E-state index contributed by atoms with van der Waals surface area (Å²) in [6.07, 6.45) is 3.68. The van der Waals surface area contributed by atoms with E-state index in [-0.39, 0.29) is 5.75 Å². The average molecular weight is 353 g/mol. The molecule has 1 aromatic heterocycles. The smallest absolute Gasteiger partial charge is 0.226 e. The minimum Gasteiger partial charge on any atom is -0.507 e. The number of allylic oxidation sites excluding steroid dienone is 3. The van der Waals surface area contributed by atoms with Crippen molar-refractivity contribution in [1.29, 1.82) is 0 Å². The molecular formula is C16H21BrN2O2. The van der Waals surface area contributed by atoms with E-state index in [0.29, 0.717) is 33.1 Å². The fourth-order valence-electron chi connectivity index (χ4n) is 1.35. The van der Waals surface area contributed by atoms with E-state index in [1.165, 1.54) is 0 Å². The molecular weight excluding hydrogens is 332 g/mol. The molecule has 2 rings (SSSR count). The molecule has 0 aliphatic heterocycles. The lowest BCUT2D eigenvalue weighted by Gasteiger charge is -1.95. The van der Waals surface area contributed by atoms with Gasteiger partial charge in [0.05, 0.1) is 4.47 Å². The van der Waals surface area contributed by atoms with E-state index in [1.54, 1.807) is 12.1 Å². The van der Waals surface area contributed by atoms with Gasteiger partial charge in [-0.2, -0.15) is 0 Å². The van der Waals surface area contributed by atoms with Crippen LogP contribution in [0, 0.1) is 0 Å². The summed E-state index contributed by atoms with van der Waals surface area (Å²) in [4.78, 5) is 4.23. The molecule has 2 aromatic rings. The highest BCUT2D eigenvalue weighted by atomic mass is 79.9. The maximum Gasteiger partial charge on any atom is 0.226 e. The molecule has 0 aliphatic rings. The molecule has 0 saturated carbocycles. The van der Waals surface area contributed by atoms with Gasteiger partial charge in [0.2, 0.25) is 5.89 Å². The Bertz CT molecular complexity index is 606. The summed E-state index contributed by atoms with van der Waals surface area (Å²) in [6.45, 7) is 9.96. The summed E-state index contributed by atoms with van der Waals surface area (Å²) in [6, 6.07) is 3.87. The second-order valence-electron chi connectivity index (χ2n) is 4.76. The zero-order valence-electron chi connectivity index (χ0n) is 12.8. The van der Waals surface area contributed by atoms with Gasteiger partial charge in [0.15, 0.2) is 5.58 Å². The average Bonchev–Trinajstić information content (AvgIpc) is 2.83. The Morgan fingerprint density at radius 2 is 2.10 bits per heavy atom. The predicted octanol–water partition coefficient (Wildman–Crippen LogP) is 4.50. The third kappa shape index (κ3) is 5.02. The van der Waals surface area contributed by atoms with Crippen molar-refractivity contribution in [2.45, 2.75) is 26.8 Å². The van der Waals surface area contributed by atoms with Crippen molar-refractivity contribution >= 4 is 32.6 Å². The van der Waals surface area contributed by atoms with Crippen LogP contribution in [-0.4, -0.2) is 23.2 Å². The lowest BCUT2D eigenvalue weighted by atomic mass is 10.3. The summed E-state index contributed by atoms with van der Waals surface area (Å²) in [5.41, 5.74) is 1.93. The molecule has 2 N–H and O–H groups in total. The molecule has 0 fully saturated rings. The Balaban J connectivity index is 0.000000383.